The molecule has 2 rings (SSSR count). The maximum Gasteiger partial charge on any atom is 0.161 e. The van der Waals surface area contributed by atoms with Gasteiger partial charge in [0.25, 0.3) is 0 Å². The van der Waals surface area contributed by atoms with Crippen molar-refractivity contribution in [1.29, 1.82) is 0 Å². The lowest BCUT2D eigenvalue weighted by molar-refractivity contribution is 0.661. The van der Waals surface area contributed by atoms with Gasteiger partial charge in [-0.15, -0.1) is 0 Å². The minimum atomic E-state index is 0.401. The summed E-state index contributed by atoms with van der Waals surface area (Å²) < 4.78 is 0. The summed E-state index contributed by atoms with van der Waals surface area (Å²) in [6.45, 7) is 4.38. The van der Waals surface area contributed by atoms with Crippen molar-refractivity contribution in [3.05, 3.63) is 29.3 Å². The highest BCUT2D eigenvalue weighted by Gasteiger charge is 2.18. The average molecular weight is 255 g/mol. The Balaban J connectivity index is 2.10. The first kappa shape index (κ1) is 11.8. The second-order valence-electron chi connectivity index (χ2n) is 4.08. The van der Waals surface area contributed by atoms with E-state index in [0.717, 1.165) is 22.3 Å². The first-order valence-electron chi connectivity index (χ1n) is 5.40. The van der Waals surface area contributed by atoms with Crippen molar-refractivity contribution in [3.8, 4) is 0 Å². The molecule has 0 radical (unpaired) electrons. The maximum absolute atomic E-state index is 5.93. The Labute approximate surface area is 105 Å². The molecule has 16 heavy (non-hydrogen) atoms. The van der Waals surface area contributed by atoms with Crippen molar-refractivity contribution >= 4 is 34.2 Å². The van der Waals surface area contributed by atoms with Crippen molar-refractivity contribution in [2.45, 2.75) is 31.6 Å². The molecule has 2 nitrogen and oxygen atoms in total. The zero-order valence-corrected chi connectivity index (χ0v) is 11.0. The molecule has 0 aliphatic carbocycles. The number of anilines is 1. The minimum absolute atomic E-state index is 0.401. The molecule has 1 heterocycles. The molecule has 0 spiro atoms. The molecule has 2 atom stereocenters. The number of nitrogens with one attached hydrogen (secondary N) is 1. The number of nitrogens with zero attached hydrogens (tertiary/aromatic N) is 1. The summed E-state index contributed by atoms with van der Waals surface area (Å²) >= 11 is 7.72. The Hall–Kier alpha value is -0.670. The van der Waals surface area contributed by atoms with Crippen LogP contribution < -0.4 is 5.32 Å². The largest absolute Gasteiger partial charge is 0.335 e. The molecule has 4 heteroatoms. The van der Waals surface area contributed by atoms with E-state index >= 15 is 0 Å². The highest BCUT2D eigenvalue weighted by atomic mass is 35.5. The van der Waals surface area contributed by atoms with Gasteiger partial charge < -0.3 is 5.32 Å². The van der Waals surface area contributed by atoms with Crippen LogP contribution in [0.4, 0.5) is 5.69 Å². The van der Waals surface area contributed by atoms with Crippen LogP contribution in [0.15, 0.2) is 29.3 Å². The monoisotopic (exact) mass is 254 g/mol. The second kappa shape index (κ2) is 5.11. The van der Waals surface area contributed by atoms with E-state index in [0.29, 0.717) is 11.3 Å². The lowest BCUT2D eigenvalue weighted by atomic mass is 10.2. The highest BCUT2D eigenvalue weighted by molar-refractivity contribution is 8.14. The normalized spacial score (nSPS) is 25.1. The van der Waals surface area contributed by atoms with Gasteiger partial charge >= 0.3 is 0 Å². The summed E-state index contributed by atoms with van der Waals surface area (Å²) in [5.41, 5.74) is 1.00. The Kier molecular flexibility index (Phi) is 3.77. The molecule has 0 saturated carbocycles. The van der Waals surface area contributed by atoms with E-state index in [4.69, 9.17) is 11.6 Å². The van der Waals surface area contributed by atoms with E-state index in [9.17, 15) is 0 Å². The van der Waals surface area contributed by atoms with Crippen LogP contribution in [0, 0.1) is 0 Å². The number of hydrogen-bond acceptors (Lipinski definition) is 3. The van der Waals surface area contributed by atoms with E-state index in [2.05, 4.69) is 24.2 Å². The summed E-state index contributed by atoms with van der Waals surface area (Å²) in [6, 6.07) is 8.12. The van der Waals surface area contributed by atoms with Crippen LogP contribution in [0.3, 0.4) is 0 Å². The SMILES string of the molecule is CC1CC(C)SC(Nc2cccc(Cl)c2)=N1. The summed E-state index contributed by atoms with van der Waals surface area (Å²) in [5, 5.41) is 5.67. The van der Waals surface area contributed by atoms with Crippen LogP contribution in [0.2, 0.25) is 5.02 Å². The molecule has 1 N–H and O–H groups in total. The number of amidine groups is 1. The molecule has 0 fully saturated rings. The summed E-state index contributed by atoms with van der Waals surface area (Å²) in [6.07, 6.45) is 1.14. The van der Waals surface area contributed by atoms with Crippen LogP contribution in [-0.2, 0) is 0 Å². The van der Waals surface area contributed by atoms with Gasteiger partial charge in [0.15, 0.2) is 5.17 Å². The van der Waals surface area contributed by atoms with Crippen LogP contribution in [0.25, 0.3) is 0 Å². The van der Waals surface area contributed by atoms with Crippen LogP contribution in [0.1, 0.15) is 20.3 Å². The van der Waals surface area contributed by atoms with E-state index in [-0.39, 0.29) is 0 Å². The number of rotatable bonds is 1. The standard InChI is InChI=1S/C12H15ClN2S/c1-8-6-9(2)16-12(14-8)15-11-5-3-4-10(13)7-11/h3-5,7-9H,6H2,1-2H3,(H,14,15). The predicted octanol–water partition coefficient (Wildman–Crippen LogP) is 4.02. The second-order valence-corrected chi connectivity index (χ2v) is 5.95. The summed E-state index contributed by atoms with van der Waals surface area (Å²) in [5.74, 6) is 0. The first-order chi connectivity index (χ1) is 7.63. The van der Waals surface area contributed by atoms with Gasteiger partial charge in [0, 0.05) is 16.0 Å². The smallest absolute Gasteiger partial charge is 0.161 e. The number of benzene rings is 1. The van der Waals surface area contributed by atoms with E-state index in [1.807, 2.05) is 24.3 Å². The van der Waals surface area contributed by atoms with Crippen molar-refractivity contribution in [3.63, 3.8) is 0 Å². The molecule has 1 aromatic rings. The Bertz CT molecular complexity index is 406. The van der Waals surface area contributed by atoms with Crippen molar-refractivity contribution in [1.82, 2.24) is 0 Å². The Morgan fingerprint density at radius 3 is 2.94 bits per heavy atom. The van der Waals surface area contributed by atoms with Gasteiger partial charge in [0.05, 0.1) is 6.04 Å². The zero-order valence-electron chi connectivity index (χ0n) is 9.40. The van der Waals surface area contributed by atoms with Gasteiger partial charge in [0.1, 0.15) is 0 Å². The molecule has 0 bridgehead atoms. The number of thioether (sulfide) groups is 1. The van der Waals surface area contributed by atoms with Crippen LogP contribution >= 0.6 is 23.4 Å². The Morgan fingerprint density at radius 2 is 2.25 bits per heavy atom. The summed E-state index contributed by atoms with van der Waals surface area (Å²) in [4.78, 5) is 4.58. The fourth-order valence-corrected chi connectivity index (χ4v) is 3.12. The fourth-order valence-electron chi connectivity index (χ4n) is 1.75. The molecule has 1 aliphatic heterocycles. The molecule has 0 saturated heterocycles. The highest BCUT2D eigenvalue weighted by Crippen LogP contribution is 2.26. The zero-order chi connectivity index (χ0) is 11.5. The van der Waals surface area contributed by atoms with Gasteiger partial charge in [-0.2, -0.15) is 0 Å². The molecule has 86 valence electrons. The van der Waals surface area contributed by atoms with Crippen molar-refractivity contribution in [2.75, 3.05) is 5.32 Å². The molecule has 1 aliphatic rings. The predicted molar refractivity (Wildman–Crippen MR) is 73.6 cm³/mol. The molecular weight excluding hydrogens is 240 g/mol. The van der Waals surface area contributed by atoms with Crippen LogP contribution in [-0.4, -0.2) is 16.5 Å². The molecular formula is C12H15ClN2S. The molecule has 2 unspecified atom stereocenters. The molecule has 0 aromatic heterocycles. The van der Waals surface area contributed by atoms with Crippen molar-refractivity contribution in [2.24, 2.45) is 4.99 Å². The van der Waals surface area contributed by atoms with Gasteiger partial charge in [-0.05, 0) is 31.5 Å². The number of halogens is 1. The van der Waals surface area contributed by atoms with E-state index in [1.165, 1.54) is 0 Å². The maximum atomic E-state index is 5.93. The lowest BCUT2D eigenvalue weighted by Gasteiger charge is -2.23. The topological polar surface area (TPSA) is 24.4 Å². The van der Waals surface area contributed by atoms with Crippen molar-refractivity contribution < 1.29 is 0 Å². The Morgan fingerprint density at radius 1 is 1.44 bits per heavy atom. The number of hydrogen-bond donors (Lipinski definition) is 1. The van der Waals surface area contributed by atoms with E-state index < -0.39 is 0 Å². The minimum Gasteiger partial charge on any atom is -0.335 e. The molecule has 1 aromatic carbocycles. The van der Waals surface area contributed by atoms with Gasteiger partial charge in [-0.3, -0.25) is 4.99 Å². The third-order valence-electron chi connectivity index (χ3n) is 2.40. The van der Waals surface area contributed by atoms with Gasteiger partial charge in [-0.25, -0.2) is 0 Å². The van der Waals surface area contributed by atoms with Crippen LogP contribution in [0.5, 0.6) is 0 Å². The third-order valence-corrected chi connectivity index (χ3v) is 3.66. The first-order valence-corrected chi connectivity index (χ1v) is 6.66. The quantitative estimate of drug-likeness (QED) is 0.819. The van der Waals surface area contributed by atoms with E-state index in [1.54, 1.807) is 11.8 Å². The van der Waals surface area contributed by atoms with Gasteiger partial charge in [0.2, 0.25) is 0 Å². The molecule has 0 amide bonds. The lowest BCUT2D eigenvalue weighted by Crippen LogP contribution is -2.22. The fraction of sp³-hybridized carbons (Fsp3) is 0.417. The van der Waals surface area contributed by atoms with Gasteiger partial charge in [-0.1, -0.05) is 36.4 Å². The third kappa shape index (κ3) is 3.16. The average Bonchev–Trinajstić information content (AvgIpc) is 2.15. The number of aliphatic imine (C=N–C) groups is 1. The summed E-state index contributed by atoms with van der Waals surface area (Å²) in [7, 11) is 0.